The first-order valence-corrected chi connectivity index (χ1v) is 9.89. The van der Waals surface area contributed by atoms with Gasteiger partial charge in [-0.25, -0.2) is 9.97 Å². The Morgan fingerprint density at radius 2 is 1.94 bits per heavy atom. The van der Waals surface area contributed by atoms with Crippen molar-refractivity contribution in [1.29, 1.82) is 0 Å². The number of rotatable bonds is 4. The van der Waals surface area contributed by atoms with E-state index in [2.05, 4.69) is 15.4 Å². The minimum absolute atomic E-state index is 0.152. The lowest BCUT2D eigenvalue weighted by atomic mass is 10.1. The van der Waals surface area contributed by atoms with Crippen molar-refractivity contribution in [3.63, 3.8) is 0 Å². The van der Waals surface area contributed by atoms with Gasteiger partial charge in [0.05, 0.1) is 17.8 Å². The largest absolute Gasteiger partial charge is 0.508 e. The highest BCUT2D eigenvalue weighted by Crippen LogP contribution is 2.36. The van der Waals surface area contributed by atoms with E-state index in [4.69, 9.17) is 10.7 Å². The van der Waals surface area contributed by atoms with Gasteiger partial charge in [0.1, 0.15) is 29.4 Å². The molecule has 9 nitrogen and oxygen atoms in total. The number of nitrogens with two attached hydrogens (primary N) is 1. The number of carbonyl (C=O) groups is 1. The Morgan fingerprint density at radius 1 is 1.19 bits per heavy atom. The molecule has 1 aromatic carbocycles. The molecular formula is C22H25N7O2. The van der Waals surface area contributed by atoms with E-state index in [-0.39, 0.29) is 24.0 Å². The van der Waals surface area contributed by atoms with Gasteiger partial charge in [0.2, 0.25) is 0 Å². The first-order valence-electron chi connectivity index (χ1n) is 9.89. The Balaban J connectivity index is 1.92. The van der Waals surface area contributed by atoms with E-state index in [0.717, 1.165) is 16.8 Å². The van der Waals surface area contributed by atoms with Gasteiger partial charge in [-0.15, -0.1) is 0 Å². The highest BCUT2D eigenvalue weighted by Gasteiger charge is 2.25. The van der Waals surface area contributed by atoms with E-state index in [1.807, 2.05) is 39.8 Å². The number of aromatic nitrogens is 5. The molecule has 4 aromatic rings. The Labute approximate surface area is 179 Å². The van der Waals surface area contributed by atoms with Crippen LogP contribution in [0, 0.1) is 27.7 Å². The van der Waals surface area contributed by atoms with Crippen LogP contribution in [-0.4, -0.2) is 35.3 Å². The zero-order chi connectivity index (χ0) is 22.4. The predicted octanol–water partition coefficient (Wildman–Crippen LogP) is 2.61. The van der Waals surface area contributed by atoms with Gasteiger partial charge in [-0.05, 0) is 51.0 Å². The fourth-order valence-corrected chi connectivity index (χ4v) is 3.77. The summed E-state index contributed by atoms with van der Waals surface area (Å²) in [7, 11) is 1.76. The molecule has 0 saturated heterocycles. The highest BCUT2D eigenvalue weighted by atomic mass is 16.3. The van der Waals surface area contributed by atoms with Crippen molar-refractivity contribution < 1.29 is 9.90 Å². The lowest BCUT2D eigenvalue weighted by Gasteiger charge is -2.15. The number of carbonyl (C=O) groups excluding carboxylic acids is 1. The molecule has 31 heavy (non-hydrogen) atoms. The Hall–Kier alpha value is -3.88. The zero-order valence-corrected chi connectivity index (χ0v) is 18.2. The van der Waals surface area contributed by atoms with Crippen LogP contribution in [0.5, 0.6) is 5.75 Å². The summed E-state index contributed by atoms with van der Waals surface area (Å²) >= 11 is 0. The lowest BCUT2D eigenvalue weighted by molar-refractivity contribution is 0.0952. The van der Waals surface area contributed by atoms with Crippen LogP contribution in [0.4, 0.5) is 5.82 Å². The number of fused-ring (bicyclic) bond motifs is 1. The quantitative estimate of drug-likeness (QED) is 0.467. The summed E-state index contributed by atoms with van der Waals surface area (Å²) in [6.45, 7) is 7.82. The zero-order valence-electron chi connectivity index (χ0n) is 18.2. The van der Waals surface area contributed by atoms with Gasteiger partial charge in [0, 0.05) is 23.7 Å². The molecule has 1 amide bonds. The van der Waals surface area contributed by atoms with Crippen molar-refractivity contribution in [2.45, 2.75) is 34.2 Å². The van der Waals surface area contributed by atoms with Crippen LogP contribution < -0.4 is 11.1 Å². The standard InChI is InChI=1S/C22H25N7O2/c1-11-6-7-16(30)13(3)19(11)29-20(23)18(15-8-12(2)14(4)27-21(15)29)22(31)24-9-17-25-10-26-28(17)5/h6-8,10,30H,9,23H2,1-5H3,(H,24,31). The maximum absolute atomic E-state index is 13.2. The van der Waals surface area contributed by atoms with Crippen molar-refractivity contribution in [1.82, 2.24) is 29.6 Å². The minimum atomic E-state index is -0.329. The second kappa shape index (κ2) is 7.42. The molecule has 0 atom stereocenters. The molecule has 9 heteroatoms. The van der Waals surface area contributed by atoms with Crippen molar-refractivity contribution in [3.8, 4) is 11.4 Å². The van der Waals surface area contributed by atoms with Crippen LogP contribution in [0.25, 0.3) is 16.7 Å². The molecule has 0 radical (unpaired) electrons. The number of hydrogen-bond acceptors (Lipinski definition) is 6. The molecule has 4 N–H and O–H groups in total. The average molecular weight is 419 g/mol. The summed E-state index contributed by atoms with van der Waals surface area (Å²) in [5, 5.41) is 17.9. The number of phenolic OH excluding ortho intramolecular Hbond substituents is 1. The van der Waals surface area contributed by atoms with E-state index in [0.29, 0.717) is 33.7 Å². The molecule has 0 aliphatic heterocycles. The third kappa shape index (κ3) is 3.27. The molecular weight excluding hydrogens is 394 g/mol. The number of aryl methyl sites for hydroxylation is 4. The third-order valence-corrected chi connectivity index (χ3v) is 5.69. The predicted molar refractivity (Wildman–Crippen MR) is 118 cm³/mol. The maximum Gasteiger partial charge on any atom is 0.256 e. The molecule has 0 unspecified atom stereocenters. The van der Waals surface area contributed by atoms with Crippen LogP contribution in [0.1, 0.15) is 38.6 Å². The van der Waals surface area contributed by atoms with Crippen LogP contribution >= 0.6 is 0 Å². The summed E-state index contributed by atoms with van der Waals surface area (Å²) in [4.78, 5) is 22.1. The topological polar surface area (TPSA) is 124 Å². The number of nitrogen functional groups attached to an aromatic ring is 1. The molecule has 3 heterocycles. The maximum atomic E-state index is 13.2. The van der Waals surface area contributed by atoms with E-state index < -0.39 is 0 Å². The second-order valence-corrected chi connectivity index (χ2v) is 7.72. The van der Waals surface area contributed by atoms with E-state index in [1.54, 1.807) is 22.4 Å². The molecule has 4 rings (SSSR count). The number of amides is 1. The molecule has 0 spiro atoms. The van der Waals surface area contributed by atoms with Gasteiger partial charge in [0.25, 0.3) is 5.91 Å². The number of nitrogens with zero attached hydrogens (tertiary/aromatic N) is 5. The number of nitrogens with one attached hydrogen (secondary N) is 1. The summed E-state index contributed by atoms with van der Waals surface area (Å²) in [5.41, 5.74) is 11.6. The lowest BCUT2D eigenvalue weighted by Crippen LogP contribution is -2.25. The average Bonchev–Trinajstić information content (AvgIpc) is 3.25. The van der Waals surface area contributed by atoms with Crippen LogP contribution in [0.3, 0.4) is 0 Å². The second-order valence-electron chi connectivity index (χ2n) is 7.72. The number of pyridine rings is 1. The molecule has 0 fully saturated rings. The highest BCUT2D eigenvalue weighted by molar-refractivity contribution is 6.11. The Bertz CT molecular complexity index is 1330. The van der Waals surface area contributed by atoms with Gasteiger partial charge in [-0.3, -0.25) is 14.0 Å². The Kier molecular flexibility index (Phi) is 4.88. The molecule has 160 valence electrons. The summed E-state index contributed by atoms with van der Waals surface area (Å²) < 4.78 is 3.35. The molecule has 0 aliphatic carbocycles. The van der Waals surface area contributed by atoms with Gasteiger partial charge in [0.15, 0.2) is 0 Å². The fourth-order valence-electron chi connectivity index (χ4n) is 3.77. The van der Waals surface area contributed by atoms with E-state index >= 15 is 0 Å². The van der Waals surface area contributed by atoms with Crippen molar-refractivity contribution in [2.75, 3.05) is 5.73 Å². The number of aromatic hydroxyl groups is 1. The van der Waals surface area contributed by atoms with Crippen molar-refractivity contribution in [3.05, 3.63) is 58.3 Å². The van der Waals surface area contributed by atoms with Crippen molar-refractivity contribution in [2.24, 2.45) is 7.05 Å². The number of phenols is 1. The molecule has 3 aromatic heterocycles. The smallest absolute Gasteiger partial charge is 0.256 e. The monoisotopic (exact) mass is 419 g/mol. The molecule has 0 bridgehead atoms. The normalized spacial score (nSPS) is 11.3. The van der Waals surface area contributed by atoms with Gasteiger partial charge in [-0.1, -0.05) is 6.07 Å². The van der Waals surface area contributed by atoms with Crippen LogP contribution in [-0.2, 0) is 13.6 Å². The number of anilines is 1. The summed E-state index contributed by atoms with van der Waals surface area (Å²) in [5.74, 6) is 0.712. The van der Waals surface area contributed by atoms with Gasteiger partial charge in [-0.2, -0.15) is 5.10 Å². The summed E-state index contributed by atoms with van der Waals surface area (Å²) in [6, 6.07) is 5.39. The first kappa shape index (κ1) is 20.4. The van der Waals surface area contributed by atoms with E-state index in [1.165, 1.54) is 6.33 Å². The molecule has 0 saturated carbocycles. The van der Waals surface area contributed by atoms with Gasteiger partial charge >= 0.3 is 0 Å². The van der Waals surface area contributed by atoms with Gasteiger partial charge < -0.3 is 16.2 Å². The summed E-state index contributed by atoms with van der Waals surface area (Å²) in [6.07, 6.45) is 1.44. The van der Waals surface area contributed by atoms with Crippen LogP contribution in [0.15, 0.2) is 24.5 Å². The fraction of sp³-hybridized carbons (Fsp3) is 0.273. The minimum Gasteiger partial charge on any atom is -0.508 e. The van der Waals surface area contributed by atoms with Crippen LogP contribution in [0.2, 0.25) is 0 Å². The third-order valence-electron chi connectivity index (χ3n) is 5.69. The number of hydrogen-bond donors (Lipinski definition) is 3. The first-order chi connectivity index (χ1) is 14.7. The Morgan fingerprint density at radius 3 is 2.61 bits per heavy atom. The van der Waals surface area contributed by atoms with E-state index in [9.17, 15) is 9.90 Å². The number of benzene rings is 1. The molecule has 0 aliphatic rings. The van der Waals surface area contributed by atoms with Crippen molar-refractivity contribution >= 4 is 22.8 Å². The SMILES string of the molecule is Cc1cc2c(C(=O)NCc3ncnn3C)c(N)n(-c3c(C)ccc(O)c3C)c2nc1C.